The van der Waals surface area contributed by atoms with Crippen LogP contribution in [0.25, 0.3) is 0 Å². The van der Waals surface area contributed by atoms with E-state index in [1.54, 1.807) is 0 Å². The normalized spacial score (nSPS) is 16.1. The fourth-order valence-electron chi connectivity index (χ4n) is 2.12. The van der Waals surface area contributed by atoms with Crippen molar-refractivity contribution in [3.05, 3.63) is 35.4 Å². The summed E-state index contributed by atoms with van der Waals surface area (Å²) < 4.78 is 0. The molecule has 1 aliphatic carbocycles. The number of aliphatic carboxylic acids is 1. The molecule has 1 atom stereocenters. The lowest BCUT2D eigenvalue weighted by molar-refractivity contribution is -0.137. The Balaban J connectivity index is 2.19. The fraction of sp³-hybridized carbons (Fsp3) is 0.429. The van der Waals surface area contributed by atoms with Gasteiger partial charge in [-0.1, -0.05) is 24.3 Å². The summed E-state index contributed by atoms with van der Waals surface area (Å²) in [5.41, 5.74) is 2.12. The predicted octanol–water partition coefficient (Wildman–Crippen LogP) is 2.22. The van der Waals surface area contributed by atoms with Gasteiger partial charge in [-0.05, 0) is 29.9 Å². The second kappa shape index (κ2) is 5.21. The van der Waals surface area contributed by atoms with Gasteiger partial charge >= 0.3 is 5.97 Å². The highest BCUT2D eigenvalue weighted by Gasteiger charge is 2.24. The summed E-state index contributed by atoms with van der Waals surface area (Å²) in [5, 5.41) is 11.6. The van der Waals surface area contributed by atoms with Crippen molar-refractivity contribution < 1.29 is 14.7 Å². The van der Waals surface area contributed by atoms with Gasteiger partial charge in [0.2, 0.25) is 5.91 Å². The number of amides is 1. The third kappa shape index (κ3) is 3.32. The lowest BCUT2D eigenvalue weighted by atomic mass is 9.99. The second-order valence-electron chi connectivity index (χ2n) is 4.80. The molecule has 0 saturated heterocycles. The Kier molecular flexibility index (Phi) is 3.65. The van der Waals surface area contributed by atoms with Gasteiger partial charge in [0.25, 0.3) is 0 Å². The highest BCUT2D eigenvalue weighted by atomic mass is 16.4. The first kappa shape index (κ1) is 12.6. The Hall–Kier alpha value is -1.84. The predicted molar refractivity (Wildman–Crippen MR) is 67.2 cm³/mol. The average molecular weight is 247 g/mol. The quantitative estimate of drug-likeness (QED) is 0.838. The lowest BCUT2D eigenvalue weighted by Crippen LogP contribution is -2.28. The highest BCUT2D eigenvalue weighted by Crippen LogP contribution is 2.40. The van der Waals surface area contributed by atoms with Crippen molar-refractivity contribution in [1.82, 2.24) is 5.32 Å². The Morgan fingerprint density at radius 2 is 2.17 bits per heavy atom. The molecule has 0 spiro atoms. The molecule has 4 nitrogen and oxygen atoms in total. The maximum absolute atomic E-state index is 11.1. The number of carbonyl (C=O) groups excluding carboxylic acids is 1. The van der Waals surface area contributed by atoms with Crippen molar-refractivity contribution in [1.29, 1.82) is 0 Å². The number of benzene rings is 1. The zero-order valence-electron chi connectivity index (χ0n) is 10.3. The largest absolute Gasteiger partial charge is 0.481 e. The van der Waals surface area contributed by atoms with Crippen LogP contribution in [-0.4, -0.2) is 17.0 Å². The van der Waals surface area contributed by atoms with E-state index in [1.165, 1.54) is 25.3 Å². The molecule has 0 radical (unpaired) electrons. The monoisotopic (exact) mass is 247 g/mol. The SMILES string of the molecule is CC(=O)N[C@H](CC(=O)O)c1cccc(C2CC2)c1. The van der Waals surface area contributed by atoms with Gasteiger partial charge < -0.3 is 10.4 Å². The van der Waals surface area contributed by atoms with E-state index in [0.717, 1.165) is 5.56 Å². The van der Waals surface area contributed by atoms with Crippen LogP contribution in [0.3, 0.4) is 0 Å². The summed E-state index contributed by atoms with van der Waals surface area (Å²) >= 11 is 0. The van der Waals surface area contributed by atoms with Crippen LogP contribution in [0.2, 0.25) is 0 Å². The van der Waals surface area contributed by atoms with Gasteiger partial charge in [-0.3, -0.25) is 9.59 Å². The molecule has 1 aromatic rings. The van der Waals surface area contributed by atoms with E-state index in [-0.39, 0.29) is 12.3 Å². The number of carbonyl (C=O) groups is 2. The summed E-state index contributed by atoms with van der Waals surface area (Å²) in [6.45, 7) is 1.40. The van der Waals surface area contributed by atoms with E-state index in [4.69, 9.17) is 5.11 Å². The number of carboxylic acid groups (broad SMARTS) is 1. The molecule has 1 saturated carbocycles. The standard InChI is InChI=1S/C14H17NO3/c1-9(16)15-13(8-14(17)18)12-4-2-3-11(7-12)10-5-6-10/h2-4,7,10,13H,5-6,8H2,1H3,(H,15,16)(H,17,18)/t13-/m1/s1. The number of carboxylic acids is 1. The Bertz CT molecular complexity index is 450. The summed E-state index contributed by atoms with van der Waals surface area (Å²) in [6, 6.07) is 7.43. The zero-order valence-corrected chi connectivity index (χ0v) is 10.3. The summed E-state index contributed by atoms with van der Waals surface area (Å²) in [7, 11) is 0. The lowest BCUT2D eigenvalue weighted by Gasteiger charge is -2.17. The van der Waals surface area contributed by atoms with Crippen LogP contribution in [0.5, 0.6) is 0 Å². The van der Waals surface area contributed by atoms with Crippen LogP contribution in [-0.2, 0) is 9.59 Å². The molecule has 1 aliphatic rings. The molecule has 0 bridgehead atoms. The number of rotatable bonds is 5. The third-order valence-electron chi connectivity index (χ3n) is 3.12. The Labute approximate surface area is 106 Å². The van der Waals surface area contributed by atoms with Crippen LogP contribution < -0.4 is 5.32 Å². The highest BCUT2D eigenvalue weighted by molar-refractivity contribution is 5.75. The van der Waals surface area contributed by atoms with Gasteiger partial charge in [0.15, 0.2) is 0 Å². The molecule has 1 amide bonds. The first-order valence-corrected chi connectivity index (χ1v) is 6.15. The minimum absolute atomic E-state index is 0.0896. The molecule has 0 aliphatic heterocycles. The topological polar surface area (TPSA) is 66.4 Å². The van der Waals surface area contributed by atoms with Crippen LogP contribution >= 0.6 is 0 Å². The minimum atomic E-state index is -0.912. The van der Waals surface area contributed by atoms with Crippen molar-refractivity contribution in [2.45, 2.75) is 38.1 Å². The van der Waals surface area contributed by atoms with Crippen molar-refractivity contribution in [2.24, 2.45) is 0 Å². The van der Waals surface area contributed by atoms with E-state index in [2.05, 4.69) is 11.4 Å². The minimum Gasteiger partial charge on any atom is -0.481 e. The smallest absolute Gasteiger partial charge is 0.305 e. The van der Waals surface area contributed by atoms with E-state index in [9.17, 15) is 9.59 Å². The number of hydrogen-bond acceptors (Lipinski definition) is 2. The molecule has 1 fully saturated rings. The molecule has 96 valence electrons. The summed E-state index contributed by atoms with van der Waals surface area (Å²) in [6.07, 6.45) is 2.31. The van der Waals surface area contributed by atoms with Gasteiger partial charge in [0.05, 0.1) is 12.5 Å². The number of hydrogen-bond donors (Lipinski definition) is 2. The van der Waals surface area contributed by atoms with Crippen LogP contribution in [0.15, 0.2) is 24.3 Å². The number of nitrogens with one attached hydrogen (secondary N) is 1. The van der Waals surface area contributed by atoms with Crippen molar-refractivity contribution in [2.75, 3.05) is 0 Å². The maximum atomic E-state index is 11.1. The maximum Gasteiger partial charge on any atom is 0.305 e. The van der Waals surface area contributed by atoms with Gasteiger partial charge in [-0.2, -0.15) is 0 Å². The van der Waals surface area contributed by atoms with Crippen LogP contribution in [0.1, 0.15) is 49.3 Å². The van der Waals surface area contributed by atoms with E-state index < -0.39 is 12.0 Å². The summed E-state index contributed by atoms with van der Waals surface area (Å²) in [4.78, 5) is 22.0. The molecule has 2 N–H and O–H groups in total. The molecular formula is C14H17NO3. The third-order valence-corrected chi connectivity index (χ3v) is 3.12. The zero-order chi connectivity index (χ0) is 13.1. The van der Waals surface area contributed by atoms with E-state index >= 15 is 0 Å². The van der Waals surface area contributed by atoms with Crippen molar-refractivity contribution in [3.8, 4) is 0 Å². The molecule has 0 unspecified atom stereocenters. The van der Waals surface area contributed by atoms with Gasteiger partial charge in [-0.25, -0.2) is 0 Å². The second-order valence-corrected chi connectivity index (χ2v) is 4.80. The molecular weight excluding hydrogens is 230 g/mol. The molecule has 1 aromatic carbocycles. The molecule has 0 aromatic heterocycles. The van der Waals surface area contributed by atoms with E-state index in [0.29, 0.717) is 5.92 Å². The fourth-order valence-corrected chi connectivity index (χ4v) is 2.12. The molecule has 2 rings (SSSR count). The average Bonchev–Trinajstić information content (AvgIpc) is 3.11. The summed E-state index contributed by atoms with van der Waals surface area (Å²) in [5.74, 6) is -0.503. The van der Waals surface area contributed by atoms with Crippen molar-refractivity contribution in [3.63, 3.8) is 0 Å². The van der Waals surface area contributed by atoms with Gasteiger partial charge in [-0.15, -0.1) is 0 Å². The molecule has 0 heterocycles. The van der Waals surface area contributed by atoms with Gasteiger partial charge in [0.1, 0.15) is 0 Å². The molecule has 4 heteroatoms. The van der Waals surface area contributed by atoms with Crippen molar-refractivity contribution >= 4 is 11.9 Å². The van der Waals surface area contributed by atoms with Gasteiger partial charge in [0, 0.05) is 6.92 Å². The Morgan fingerprint density at radius 3 is 2.72 bits per heavy atom. The molecule has 18 heavy (non-hydrogen) atoms. The first-order chi connectivity index (χ1) is 8.56. The van der Waals surface area contributed by atoms with E-state index in [1.807, 2.05) is 18.2 Å². The first-order valence-electron chi connectivity index (χ1n) is 6.15. The Morgan fingerprint density at radius 1 is 1.44 bits per heavy atom. The van der Waals surface area contributed by atoms with Crippen LogP contribution in [0.4, 0.5) is 0 Å². The van der Waals surface area contributed by atoms with Crippen LogP contribution in [0, 0.1) is 0 Å².